The number of hydrogen-bond donors (Lipinski definition) is 2. The SMILES string of the molecule is Cc1nnc2c(Nc3ccc(C(=O)O)cc3F)nccn12. The van der Waals surface area contributed by atoms with Gasteiger partial charge in [0.15, 0.2) is 5.82 Å². The van der Waals surface area contributed by atoms with Crippen molar-refractivity contribution in [2.24, 2.45) is 0 Å². The third-order valence-electron chi connectivity index (χ3n) is 2.97. The summed E-state index contributed by atoms with van der Waals surface area (Å²) in [4.78, 5) is 14.9. The zero-order valence-corrected chi connectivity index (χ0v) is 10.9. The summed E-state index contributed by atoms with van der Waals surface area (Å²) < 4.78 is 15.6. The van der Waals surface area contributed by atoms with Crippen molar-refractivity contribution in [1.82, 2.24) is 19.6 Å². The zero-order chi connectivity index (χ0) is 15.0. The van der Waals surface area contributed by atoms with Crippen LogP contribution in [0.4, 0.5) is 15.9 Å². The predicted molar refractivity (Wildman–Crippen MR) is 72.2 cm³/mol. The number of carboxylic acids is 1. The van der Waals surface area contributed by atoms with Crippen LogP contribution in [0.25, 0.3) is 5.65 Å². The molecule has 0 aliphatic heterocycles. The van der Waals surface area contributed by atoms with Crippen LogP contribution in [0.5, 0.6) is 0 Å². The number of nitrogens with zero attached hydrogens (tertiary/aromatic N) is 4. The van der Waals surface area contributed by atoms with Crippen LogP contribution in [-0.2, 0) is 0 Å². The summed E-state index contributed by atoms with van der Waals surface area (Å²) >= 11 is 0. The molecule has 0 fully saturated rings. The molecule has 8 heteroatoms. The number of aryl methyl sites for hydroxylation is 1. The van der Waals surface area contributed by atoms with Gasteiger partial charge >= 0.3 is 5.97 Å². The zero-order valence-electron chi connectivity index (χ0n) is 10.9. The van der Waals surface area contributed by atoms with E-state index in [9.17, 15) is 9.18 Å². The average Bonchev–Trinajstić information content (AvgIpc) is 2.84. The lowest BCUT2D eigenvalue weighted by Crippen LogP contribution is -2.02. The molecular formula is C13H10FN5O2. The van der Waals surface area contributed by atoms with Crippen molar-refractivity contribution in [2.75, 3.05) is 5.32 Å². The molecule has 0 bridgehead atoms. The molecule has 21 heavy (non-hydrogen) atoms. The molecule has 2 N–H and O–H groups in total. The molecule has 0 spiro atoms. The molecule has 3 rings (SSSR count). The summed E-state index contributed by atoms with van der Waals surface area (Å²) in [7, 11) is 0. The van der Waals surface area contributed by atoms with Crippen molar-refractivity contribution in [3.63, 3.8) is 0 Å². The van der Waals surface area contributed by atoms with Crippen molar-refractivity contribution in [1.29, 1.82) is 0 Å². The first kappa shape index (κ1) is 13.0. The van der Waals surface area contributed by atoms with E-state index in [2.05, 4.69) is 20.5 Å². The number of carboxylic acid groups (broad SMARTS) is 1. The van der Waals surface area contributed by atoms with Gasteiger partial charge in [-0.15, -0.1) is 10.2 Å². The number of nitrogens with one attached hydrogen (secondary N) is 1. The Labute approximate surface area is 118 Å². The molecule has 0 aliphatic rings. The van der Waals surface area contributed by atoms with Crippen LogP contribution in [0.3, 0.4) is 0 Å². The van der Waals surface area contributed by atoms with Gasteiger partial charge in [-0.2, -0.15) is 0 Å². The van der Waals surface area contributed by atoms with Gasteiger partial charge in [-0.05, 0) is 25.1 Å². The molecule has 106 valence electrons. The first-order valence-corrected chi connectivity index (χ1v) is 6.02. The van der Waals surface area contributed by atoms with Gasteiger partial charge in [0, 0.05) is 12.4 Å². The summed E-state index contributed by atoms with van der Waals surface area (Å²) in [5.74, 6) is -0.860. The Morgan fingerprint density at radius 1 is 1.38 bits per heavy atom. The van der Waals surface area contributed by atoms with E-state index >= 15 is 0 Å². The van der Waals surface area contributed by atoms with Crippen LogP contribution in [0.1, 0.15) is 16.2 Å². The Hall–Kier alpha value is -3.03. The van der Waals surface area contributed by atoms with E-state index in [-0.39, 0.29) is 11.3 Å². The van der Waals surface area contributed by atoms with Crippen molar-refractivity contribution < 1.29 is 14.3 Å². The monoisotopic (exact) mass is 287 g/mol. The van der Waals surface area contributed by atoms with E-state index in [1.54, 1.807) is 17.5 Å². The lowest BCUT2D eigenvalue weighted by Gasteiger charge is -2.08. The maximum absolute atomic E-state index is 13.9. The molecule has 3 aromatic rings. The maximum atomic E-state index is 13.9. The standard InChI is InChI=1S/C13H10FN5O2/c1-7-17-18-12-11(15-4-5-19(7)12)16-10-3-2-8(13(20)21)6-9(10)14/h2-6H,1H3,(H,15,16)(H,20,21). The average molecular weight is 287 g/mol. The Morgan fingerprint density at radius 2 is 2.19 bits per heavy atom. The Bertz CT molecular complexity index is 846. The first-order chi connectivity index (χ1) is 10.1. The van der Waals surface area contributed by atoms with Crippen molar-refractivity contribution >= 4 is 23.1 Å². The summed E-state index contributed by atoms with van der Waals surface area (Å²) in [6.07, 6.45) is 3.23. The fourth-order valence-corrected chi connectivity index (χ4v) is 1.91. The van der Waals surface area contributed by atoms with E-state index in [1.807, 2.05) is 0 Å². The van der Waals surface area contributed by atoms with Gasteiger partial charge < -0.3 is 10.4 Å². The molecule has 2 heterocycles. The number of benzene rings is 1. The molecule has 0 saturated carbocycles. The summed E-state index contributed by atoms with van der Waals surface area (Å²) in [6, 6.07) is 3.59. The second kappa shape index (κ2) is 4.82. The van der Waals surface area contributed by atoms with Crippen LogP contribution in [0.15, 0.2) is 30.6 Å². The molecule has 0 saturated heterocycles. The smallest absolute Gasteiger partial charge is 0.335 e. The number of carbonyl (C=O) groups is 1. The largest absolute Gasteiger partial charge is 0.478 e. The van der Waals surface area contributed by atoms with Crippen LogP contribution >= 0.6 is 0 Å². The number of hydrogen-bond acceptors (Lipinski definition) is 5. The Morgan fingerprint density at radius 3 is 2.90 bits per heavy atom. The highest BCUT2D eigenvalue weighted by molar-refractivity contribution is 5.88. The van der Waals surface area contributed by atoms with E-state index < -0.39 is 11.8 Å². The second-order valence-corrected chi connectivity index (χ2v) is 4.34. The number of rotatable bonds is 3. The minimum absolute atomic E-state index is 0.112. The minimum Gasteiger partial charge on any atom is -0.478 e. The highest BCUT2D eigenvalue weighted by Gasteiger charge is 2.12. The predicted octanol–water partition coefficient (Wildman–Crippen LogP) is 2.01. The molecule has 0 aliphatic carbocycles. The molecule has 2 aromatic heterocycles. The van der Waals surface area contributed by atoms with E-state index in [1.165, 1.54) is 18.3 Å². The third-order valence-corrected chi connectivity index (χ3v) is 2.97. The highest BCUT2D eigenvalue weighted by Crippen LogP contribution is 2.22. The molecule has 0 amide bonds. The number of fused-ring (bicyclic) bond motifs is 1. The molecule has 0 unspecified atom stereocenters. The van der Waals surface area contributed by atoms with Crippen LogP contribution in [-0.4, -0.2) is 30.7 Å². The molecule has 1 aromatic carbocycles. The van der Waals surface area contributed by atoms with Crippen molar-refractivity contribution in [2.45, 2.75) is 6.92 Å². The molecule has 0 atom stereocenters. The van der Waals surface area contributed by atoms with Crippen LogP contribution in [0, 0.1) is 12.7 Å². The third kappa shape index (κ3) is 2.27. The van der Waals surface area contributed by atoms with E-state index in [0.717, 1.165) is 6.07 Å². The van der Waals surface area contributed by atoms with Gasteiger partial charge in [0.2, 0.25) is 5.65 Å². The van der Waals surface area contributed by atoms with Gasteiger partial charge in [0.25, 0.3) is 0 Å². The topological polar surface area (TPSA) is 92.4 Å². The second-order valence-electron chi connectivity index (χ2n) is 4.34. The van der Waals surface area contributed by atoms with E-state index in [0.29, 0.717) is 17.3 Å². The van der Waals surface area contributed by atoms with Gasteiger partial charge in [0.05, 0.1) is 11.3 Å². The minimum atomic E-state index is -1.19. The Balaban J connectivity index is 2.01. The number of aromatic nitrogens is 4. The van der Waals surface area contributed by atoms with Crippen LogP contribution in [0.2, 0.25) is 0 Å². The number of aromatic carboxylic acids is 1. The Kier molecular flexibility index (Phi) is 2.98. The quantitative estimate of drug-likeness (QED) is 0.765. The summed E-state index contributed by atoms with van der Waals surface area (Å²) in [6.45, 7) is 1.78. The molecule has 7 nitrogen and oxygen atoms in total. The molecular weight excluding hydrogens is 277 g/mol. The fourth-order valence-electron chi connectivity index (χ4n) is 1.91. The van der Waals surface area contributed by atoms with Gasteiger partial charge in [-0.1, -0.05) is 0 Å². The van der Waals surface area contributed by atoms with Crippen LogP contribution < -0.4 is 5.32 Å². The number of anilines is 2. The first-order valence-electron chi connectivity index (χ1n) is 6.02. The van der Waals surface area contributed by atoms with E-state index in [4.69, 9.17) is 5.11 Å². The lowest BCUT2D eigenvalue weighted by atomic mass is 10.2. The fraction of sp³-hybridized carbons (Fsp3) is 0.0769. The highest BCUT2D eigenvalue weighted by atomic mass is 19.1. The maximum Gasteiger partial charge on any atom is 0.335 e. The van der Waals surface area contributed by atoms with Crippen molar-refractivity contribution in [3.8, 4) is 0 Å². The summed E-state index contributed by atoms with van der Waals surface area (Å²) in [5, 5.41) is 19.5. The van der Waals surface area contributed by atoms with Gasteiger partial charge in [-0.25, -0.2) is 14.2 Å². The summed E-state index contributed by atoms with van der Waals surface area (Å²) in [5.41, 5.74) is 0.445. The van der Waals surface area contributed by atoms with Crippen molar-refractivity contribution in [3.05, 3.63) is 47.8 Å². The lowest BCUT2D eigenvalue weighted by molar-refractivity contribution is 0.0696. The van der Waals surface area contributed by atoms with Gasteiger partial charge in [0.1, 0.15) is 11.6 Å². The molecule has 0 radical (unpaired) electrons. The number of halogens is 1. The van der Waals surface area contributed by atoms with Gasteiger partial charge in [-0.3, -0.25) is 4.40 Å². The normalized spacial score (nSPS) is 10.8.